The van der Waals surface area contributed by atoms with E-state index in [0.717, 1.165) is 22.6 Å². The number of carbonyl (C=O) groups is 1. The van der Waals surface area contributed by atoms with Gasteiger partial charge in [-0.2, -0.15) is 0 Å². The fourth-order valence-electron chi connectivity index (χ4n) is 2.92. The molecule has 1 amide bonds. The van der Waals surface area contributed by atoms with Gasteiger partial charge in [0.1, 0.15) is 11.8 Å². The number of rotatable bonds is 7. The third-order valence-electron chi connectivity index (χ3n) is 4.42. The molecule has 0 saturated heterocycles. The van der Waals surface area contributed by atoms with E-state index in [9.17, 15) is 4.79 Å². The maximum atomic E-state index is 12.8. The molecule has 0 aromatic heterocycles. The Balaban J connectivity index is 1.73. The van der Waals surface area contributed by atoms with Gasteiger partial charge >= 0.3 is 0 Å². The van der Waals surface area contributed by atoms with E-state index in [1.807, 2.05) is 91.9 Å². The third kappa shape index (κ3) is 4.88. The standard InChI is InChI=1S/C23H24N2O2/c1-17(24-20-13-15-21(27-2)16-14-20)23(26)25-22(18-9-5-3-6-10-18)19-11-7-4-8-12-19/h3-17,22,24H,1-2H3,(H,25,26)/t17-/m0/s1. The molecule has 0 aliphatic rings. The lowest BCUT2D eigenvalue weighted by molar-refractivity contribution is -0.122. The highest BCUT2D eigenvalue weighted by molar-refractivity contribution is 5.85. The molecule has 3 aromatic rings. The van der Waals surface area contributed by atoms with E-state index in [2.05, 4.69) is 10.6 Å². The average molecular weight is 360 g/mol. The lowest BCUT2D eigenvalue weighted by Gasteiger charge is -2.23. The van der Waals surface area contributed by atoms with E-state index in [1.165, 1.54) is 0 Å². The van der Waals surface area contributed by atoms with Crippen LogP contribution in [0.5, 0.6) is 5.75 Å². The van der Waals surface area contributed by atoms with Gasteiger partial charge in [0.15, 0.2) is 0 Å². The number of ether oxygens (including phenoxy) is 1. The van der Waals surface area contributed by atoms with Crippen LogP contribution >= 0.6 is 0 Å². The second-order valence-electron chi connectivity index (χ2n) is 6.36. The van der Waals surface area contributed by atoms with Crippen molar-refractivity contribution in [1.82, 2.24) is 5.32 Å². The van der Waals surface area contributed by atoms with Gasteiger partial charge in [-0.25, -0.2) is 0 Å². The second kappa shape index (κ2) is 8.90. The summed E-state index contributed by atoms with van der Waals surface area (Å²) in [6, 6.07) is 26.9. The van der Waals surface area contributed by atoms with Gasteiger partial charge < -0.3 is 15.4 Å². The van der Waals surface area contributed by atoms with Crippen molar-refractivity contribution in [3.05, 3.63) is 96.1 Å². The first-order valence-electron chi connectivity index (χ1n) is 8.98. The summed E-state index contributed by atoms with van der Waals surface area (Å²) in [4.78, 5) is 12.8. The summed E-state index contributed by atoms with van der Waals surface area (Å²) in [6.45, 7) is 1.85. The van der Waals surface area contributed by atoms with Crippen LogP contribution in [-0.4, -0.2) is 19.1 Å². The second-order valence-corrected chi connectivity index (χ2v) is 6.36. The zero-order valence-corrected chi connectivity index (χ0v) is 15.6. The Hall–Kier alpha value is -3.27. The fraction of sp³-hybridized carbons (Fsp3) is 0.174. The molecular formula is C23H24N2O2. The monoisotopic (exact) mass is 360 g/mol. The van der Waals surface area contributed by atoms with Gasteiger partial charge in [0.05, 0.1) is 13.2 Å². The van der Waals surface area contributed by atoms with Gasteiger partial charge in [-0.15, -0.1) is 0 Å². The molecule has 0 heterocycles. The van der Waals surface area contributed by atoms with Crippen LogP contribution in [0.25, 0.3) is 0 Å². The first kappa shape index (κ1) is 18.5. The zero-order chi connectivity index (χ0) is 19.1. The van der Waals surface area contributed by atoms with Crippen molar-refractivity contribution in [2.24, 2.45) is 0 Å². The molecule has 0 fully saturated rings. The normalized spacial score (nSPS) is 11.7. The number of methoxy groups -OCH3 is 1. The molecule has 3 aromatic carbocycles. The Morgan fingerprint density at radius 3 is 1.81 bits per heavy atom. The number of nitrogens with one attached hydrogen (secondary N) is 2. The zero-order valence-electron chi connectivity index (χ0n) is 15.6. The lowest BCUT2D eigenvalue weighted by atomic mass is 9.98. The number of amides is 1. The molecule has 0 aliphatic carbocycles. The van der Waals surface area contributed by atoms with Gasteiger partial charge in [0.2, 0.25) is 5.91 Å². The minimum atomic E-state index is -0.381. The highest BCUT2D eigenvalue weighted by Crippen LogP contribution is 2.22. The Morgan fingerprint density at radius 1 is 0.815 bits per heavy atom. The van der Waals surface area contributed by atoms with Crippen molar-refractivity contribution in [2.75, 3.05) is 12.4 Å². The van der Waals surface area contributed by atoms with Crippen LogP contribution in [0.4, 0.5) is 5.69 Å². The fourth-order valence-corrected chi connectivity index (χ4v) is 2.92. The molecule has 0 spiro atoms. The van der Waals surface area contributed by atoms with Crippen LogP contribution in [0.2, 0.25) is 0 Å². The summed E-state index contributed by atoms with van der Waals surface area (Å²) in [5.74, 6) is 0.717. The number of hydrogen-bond donors (Lipinski definition) is 2. The lowest BCUT2D eigenvalue weighted by Crippen LogP contribution is -2.40. The largest absolute Gasteiger partial charge is 0.497 e. The van der Waals surface area contributed by atoms with Gasteiger partial charge in [0.25, 0.3) is 0 Å². The molecule has 3 rings (SSSR count). The summed E-state index contributed by atoms with van der Waals surface area (Å²) >= 11 is 0. The van der Waals surface area contributed by atoms with Crippen molar-refractivity contribution >= 4 is 11.6 Å². The molecular weight excluding hydrogens is 336 g/mol. The number of hydrogen-bond acceptors (Lipinski definition) is 3. The number of benzene rings is 3. The molecule has 4 nitrogen and oxygen atoms in total. The van der Waals surface area contributed by atoms with E-state index >= 15 is 0 Å². The van der Waals surface area contributed by atoms with Gasteiger partial charge in [-0.05, 0) is 42.3 Å². The van der Waals surface area contributed by atoms with Crippen molar-refractivity contribution < 1.29 is 9.53 Å². The van der Waals surface area contributed by atoms with Crippen LogP contribution < -0.4 is 15.4 Å². The molecule has 0 unspecified atom stereocenters. The van der Waals surface area contributed by atoms with Crippen molar-refractivity contribution in [1.29, 1.82) is 0 Å². The van der Waals surface area contributed by atoms with Crippen LogP contribution in [0.1, 0.15) is 24.1 Å². The molecule has 1 atom stereocenters. The van der Waals surface area contributed by atoms with Gasteiger partial charge in [-0.3, -0.25) is 4.79 Å². The molecule has 138 valence electrons. The topological polar surface area (TPSA) is 50.4 Å². The average Bonchev–Trinajstić information content (AvgIpc) is 2.73. The summed E-state index contributed by atoms with van der Waals surface area (Å²) in [5, 5.41) is 6.40. The van der Waals surface area contributed by atoms with Crippen molar-refractivity contribution in [2.45, 2.75) is 19.0 Å². The van der Waals surface area contributed by atoms with E-state index in [-0.39, 0.29) is 18.0 Å². The Morgan fingerprint density at radius 2 is 1.33 bits per heavy atom. The number of carbonyl (C=O) groups excluding carboxylic acids is 1. The highest BCUT2D eigenvalue weighted by Gasteiger charge is 2.20. The third-order valence-corrected chi connectivity index (χ3v) is 4.42. The highest BCUT2D eigenvalue weighted by atomic mass is 16.5. The SMILES string of the molecule is COc1ccc(N[C@@H](C)C(=O)NC(c2ccccc2)c2ccccc2)cc1. The van der Waals surface area contributed by atoms with Crippen LogP contribution in [0, 0.1) is 0 Å². The van der Waals surface area contributed by atoms with Crippen molar-refractivity contribution in [3.8, 4) is 5.75 Å². The molecule has 2 N–H and O–H groups in total. The van der Waals surface area contributed by atoms with Gasteiger partial charge in [0, 0.05) is 5.69 Å². The number of anilines is 1. The van der Waals surface area contributed by atoms with Gasteiger partial charge in [-0.1, -0.05) is 60.7 Å². The maximum Gasteiger partial charge on any atom is 0.242 e. The quantitative estimate of drug-likeness (QED) is 0.656. The summed E-state index contributed by atoms with van der Waals surface area (Å²) in [7, 11) is 1.63. The van der Waals surface area contributed by atoms with Crippen molar-refractivity contribution in [3.63, 3.8) is 0 Å². The Bertz CT molecular complexity index is 809. The Labute approximate surface area is 160 Å². The van der Waals surface area contributed by atoms with E-state index in [4.69, 9.17) is 4.74 Å². The predicted octanol–water partition coefficient (Wildman–Crippen LogP) is 4.40. The first-order chi connectivity index (χ1) is 13.2. The summed E-state index contributed by atoms with van der Waals surface area (Å²) < 4.78 is 5.17. The molecule has 27 heavy (non-hydrogen) atoms. The Kier molecular flexibility index (Phi) is 6.10. The summed E-state index contributed by atoms with van der Waals surface area (Å²) in [5.41, 5.74) is 2.97. The van der Waals surface area contributed by atoms with Crippen LogP contribution in [-0.2, 0) is 4.79 Å². The van der Waals surface area contributed by atoms with E-state index in [0.29, 0.717) is 0 Å². The van der Waals surface area contributed by atoms with E-state index < -0.39 is 0 Å². The van der Waals surface area contributed by atoms with Crippen LogP contribution in [0.3, 0.4) is 0 Å². The molecule has 0 bridgehead atoms. The molecule has 0 radical (unpaired) electrons. The molecule has 0 aliphatic heterocycles. The van der Waals surface area contributed by atoms with Crippen LogP contribution in [0.15, 0.2) is 84.9 Å². The maximum absolute atomic E-state index is 12.8. The summed E-state index contributed by atoms with van der Waals surface area (Å²) in [6.07, 6.45) is 0. The smallest absolute Gasteiger partial charge is 0.242 e. The first-order valence-corrected chi connectivity index (χ1v) is 8.98. The van der Waals surface area contributed by atoms with E-state index in [1.54, 1.807) is 7.11 Å². The minimum Gasteiger partial charge on any atom is -0.497 e. The molecule has 4 heteroatoms. The minimum absolute atomic E-state index is 0.0662. The molecule has 0 saturated carbocycles. The predicted molar refractivity (Wildman–Crippen MR) is 109 cm³/mol.